The zero-order chi connectivity index (χ0) is 73.4. The first kappa shape index (κ1) is 88.0. The first-order valence-electron chi connectivity index (χ1n) is 29.0. The Morgan fingerprint density at radius 2 is 1.15 bits per heavy atom. The lowest BCUT2D eigenvalue weighted by Gasteiger charge is -2.31. The molecule has 0 spiro atoms. The van der Waals surface area contributed by atoms with Crippen LogP contribution in [0.5, 0.6) is 5.75 Å². The number of carbonyl (C=O) groups is 11. The molecule has 2 rings (SSSR count). The van der Waals surface area contributed by atoms with Gasteiger partial charge in [0, 0.05) is 45.6 Å². The van der Waals surface area contributed by atoms with Crippen molar-refractivity contribution in [1.29, 1.82) is 0 Å². The van der Waals surface area contributed by atoms with Crippen LogP contribution in [0.2, 0.25) is 0 Å². The van der Waals surface area contributed by atoms with E-state index in [0.717, 1.165) is 0 Å². The summed E-state index contributed by atoms with van der Waals surface area (Å²) in [4.78, 5) is 141. The van der Waals surface area contributed by atoms with Crippen LogP contribution in [0.15, 0.2) is 34.3 Å². The normalized spacial score (nSPS) is 14.8. The standard InChI is InChI=1S/C48H82N14O12.3C2HF3O2/c1-6-30(5)39(43(68)59-36(45(70)71)27-29(3)4)60-41(66)35(28-31-14-16-32(63)17-15-31)58-42(67)37-13-10-22-62(37)44(69)34(12-9-18-54-46(50)51)57-40(65)33(49)11-8-19-55-47(52)61-48(72)56-21-24-74-26-25-73-23-20-53-38(64)7-2;3*3-2(4,5)1(6)7/h14-17,29-30,33-37,39,63H,6-13,18-28,49H2,1-5H3,(H,53,64)(H,57,65)(H,58,67)(H,59,68)(H,60,66)(H,70,71)(H4,50,51,54)(H4,52,55,56,61,72);3*(H,6,7)/t30-,33-,34-,35-,36-,37-,39-;;;/m0.../s1. The Morgan fingerprint density at radius 1 is 0.653 bits per heavy atom. The number of hydrogen-bond donors (Lipinski definition) is 16. The summed E-state index contributed by atoms with van der Waals surface area (Å²) in [5.41, 5.74) is 23.7. The molecule has 41 heteroatoms. The number of nitrogens with zero attached hydrogens (tertiary/aromatic N) is 3. The zero-order valence-electron chi connectivity index (χ0n) is 52.5. The number of aliphatic imine (C=N–C) groups is 2. The number of rotatable bonds is 34. The number of carboxylic acids is 4. The van der Waals surface area contributed by atoms with Gasteiger partial charge in [-0.25, -0.2) is 24.0 Å². The van der Waals surface area contributed by atoms with E-state index in [2.05, 4.69) is 47.2 Å². The van der Waals surface area contributed by atoms with Gasteiger partial charge in [0.2, 0.25) is 35.4 Å². The topological polar surface area (TPSA) is 524 Å². The highest BCUT2D eigenvalue weighted by Crippen LogP contribution is 2.22. The molecule has 0 bridgehead atoms. The molecule has 0 radical (unpaired) electrons. The summed E-state index contributed by atoms with van der Waals surface area (Å²) >= 11 is 0. The fourth-order valence-electron chi connectivity index (χ4n) is 7.59. The van der Waals surface area contributed by atoms with Crippen LogP contribution < -0.4 is 60.2 Å². The molecule has 1 aromatic rings. The Balaban J connectivity index is 0. The average molecular weight is 1390 g/mol. The largest absolute Gasteiger partial charge is 0.508 e. The molecular weight excluding hydrogens is 1300 g/mol. The van der Waals surface area contributed by atoms with Crippen molar-refractivity contribution >= 4 is 77.3 Å². The quantitative estimate of drug-likeness (QED) is 0.0191. The number of hydrogen-bond acceptors (Lipinski definition) is 17. The van der Waals surface area contributed by atoms with Crippen molar-refractivity contribution in [3.63, 3.8) is 0 Å². The minimum absolute atomic E-state index is 0.0279. The van der Waals surface area contributed by atoms with E-state index in [1.165, 1.54) is 17.0 Å². The number of benzene rings is 1. The van der Waals surface area contributed by atoms with Crippen LogP contribution in [0.1, 0.15) is 98.0 Å². The number of nitrogens with two attached hydrogens (primary N) is 4. The summed E-state index contributed by atoms with van der Waals surface area (Å²) in [6.07, 6.45) is -13.0. The van der Waals surface area contributed by atoms with Gasteiger partial charge in [0.15, 0.2) is 11.9 Å². The Morgan fingerprint density at radius 3 is 1.62 bits per heavy atom. The van der Waals surface area contributed by atoms with E-state index in [0.29, 0.717) is 51.2 Å². The first-order valence-corrected chi connectivity index (χ1v) is 29.0. The van der Waals surface area contributed by atoms with Crippen LogP contribution in [0.4, 0.5) is 44.3 Å². The van der Waals surface area contributed by atoms with Crippen LogP contribution in [-0.4, -0.2) is 222 Å². The number of halogens is 9. The predicted molar refractivity (Wildman–Crippen MR) is 317 cm³/mol. The molecule has 0 aromatic heterocycles. The third kappa shape index (κ3) is 40.6. The lowest BCUT2D eigenvalue weighted by Crippen LogP contribution is -2.60. The molecule has 32 nitrogen and oxygen atoms in total. The minimum atomic E-state index is -5.08. The lowest BCUT2D eigenvalue weighted by atomic mass is 9.96. The molecule has 1 aliphatic rings. The van der Waals surface area contributed by atoms with Crippen LogP contribution in [0.3, 0.4) is 0 Å². The van der Waals surface area contributed by atoms with Gasteiger partial charge in [-0.1, -0.05) is 53.2 Å². The molecule has 0 unspecified atom stereocenters. The number of aliphatic carboxylic acids is 4. The molecule has 7 atom stereocenters. The van der Waals surface area contributed by atoms with Crippen LogP contribution in [0.25, 0.3) is 0 Å². The highest BCUT2D eigenvalue weighted by molar-refractivity contribution is 5.97. The van der Waals surface area contributed by atoms with Crippen LogP contribution >= 0.6 is 0 Å². The number of carboxylic acid groups (broad SMARTS) is 4. The van der Waals surface area contributed by atoms with E-state index in [-0.39, 0.29) is 107 Å². The summed E-state index contributed by atoms with van der Waals surface area (Å²) in [6.45, 7) is 11.1. The molecule has 542 valence electrons. The second kappa shape index (κ2) is 45.3. The van der Waals surface area contributed by atoms with Crippen molar-refractivity contribution in [2.24, 2.45) is 44.8 Å². The maximum absolute atomic E-state index is 14.3. The third-order valence-electron chi connectivity index (χ3n) is 12.6. The molecule has 1 aliphatic heterocycles. The third-order valence-corrected chi connectivity index (χ3v) is 12.6. The van der Waals surface area contributed by atoms with Gasteiger partial charge in [0.05, 0.1) is 32.5 Å². The van der Waals surface area contributed by atoms with Gasteiger partial charge in [-0.15, -0.1) is 0 Å². The summed E-state index contributed by atoms with van der Waals surface area (Å²) < 4.78 is 106. The molecule has 95 heavy (non-hydrogen) atoms. The molecule has 20 N–H and O–H groups in total. The molecule has 8 amide bonds. The van der Waals surface area contributed by atoms with Crippen LogP contribution in [0, 0.1) is 11.8 Å². The molecular formula is C54H85F9N14O18. The number of phenols is 1. The SMILES string of the molecule is CCC(=O)NCCOCCOCCNC(=O)NC(N)=NCCC[C@H](N)C(=O)N[C@@H](CCCN=C(N)N)C(=O)N1CCC[C@H]1C(=O)N[C@@H](Cc1ccc(O)cc1)C(=O)N[C@H](C(=O)N[C@@H](CC(C)C)C(=O)O)[C@@H](C)CC.O=C(O)C(F)(F)F.O=C(O)C(F)(F)F.O=C(O)C(F)(F)F. The van der Waals surface area contributed by atoms with Gasteiger partial charge < -0.3 is 94.7 Å². The lowest BCUT2D eigenvalue weighted by molar-refractivity contribution is -0.193. The summed E-state index contributed by atoms with van der Waals surface area (Å²) in [6, 6.07) is -1.62. The monoisotopic (exact) mass is 1390 g/mol. The summed E-state index contributed by atoms with van der Waals surface area (Å²) in [5.74, 6) is -13.8. The number of amides is 8. The van der Waals surface area contributed by atoms with Crippen molar-refractivity contribution in [2.75, 3.05) is 59.2 Å². The number of phenolic OH excluding ortho intramolecular Hbond substituents is 1. The second-order valence-electron chi connectivity index (χ2n) is 20.8. The van der Waals surface area contributed by atoms with Gasteiger partial charge in [-0.05, 0) is 74.5 Å². The molecule has 0 saturated carbocycles. The smallest absolute Gasteiger partial charge is 0.490 e. The van der Waals surface area contributed by atoms with Gasteiger partial charge >= 0.3 is 48.4 Å². The highest BCUT2D eigenvalue weighted by Gasteiger charge is 2.42. The summed E-state index contributed by atoms with van der Waals surface area (Å²) in [5, 5.41) is 59.6. The maximum Gasteiger partial charge on any atom is 0.490 e. The number of alkyl halides is 9. The first-order chi connectivity index (χ1) is 44.0. The van der Waals surface area contributed by atoms with Crippen molar-refractivity contribution < 1.29 is 127 Å². The number of ether oxygens (including phenoxy) is 2. The number of nitrogens with one attached hydrogen (secondary N) is 7. The van der Waals surface area contributed by atoms with E-state index < -0.39 is 120 Å². The molecule has 1 saturated heterocycles. The fraction of sp³-hybridized carbons (Fsp3) is 0.648. The Hall–Kier alpha value is -9.02. The van der Waals surface area contributed by atoms with E-state index in [9.17, 15) is 88.1 Å². The Kier molecular flexibility index (Phi) is 42.0. The van der Waals surface area contributed by atoms with Crippen molar-refractivity contribution in [2.45, 2.75) is 154 Å². The van der Waals surface area contributed by atoms with E-state index >= 15 is 0 Å². The van der Waals surface area contributed by atoms with Gasteiger partial charge in [-0.2, -0.15) is 39.5 Å². The second-order valence-corrected chi connectivity index (χ2v) is 20.8. The predicted octanol–water partition coefficient (Wildman–Crippen LogP) is 0.276. The molecule has 1 heterocycles. The minimum Gasteiger partial charge on any atom is -0.508 e. The van der Waals surface area contributed by atoms with Crippen molar-refractivity contribution in [3.8, 4) is 5.75 Å². The van der Waals surface area contributed by atoms with E-state index in [4.69, 9.17) is 62.1 Å². The molecule has 0 aliphatic carbocycles. The van der Waals surface area contributed by atoms with Crippen LogP contribution in [-0.2, 0) is 63.8 Å². The van der Waals surface area contributed by atoms with Gasteiger partial charge in [0.25, 0.3) is 0 Å². The number of guanidine groups is 2. The van der Waals surface area contributed by atoms with Gasteiger partial charge in [0.1, 0.15) is 36.0 Å². The highest BCUT2D eigenvalue weighted by atomic mass is 19.4. The fourth-order valence-corrected chi connectivity index (χ4v) is 7.59. The molecule has 1 fully saturated rings. The van der Waals surface area contributed by atoms with E-state index in [1.807, 2.05) is 20.8 Å². The molecule has 1 aromatic carbocycles. The average Bonchev–Trinajstić information content (AvgIpc) is 1.77. The Labute approximate surface area is 538 Å². The summed E-state index contributed by atoms with van der Waals surface area (Å²) in [7, 11) is 0. The number of carbonyl (C=O) groups excluding carboxylic acids is 7. The number of likely N-dealkylation sites (tertiary alicyclic amines) is 1. The van der Waals surface area contributed by atoms with Crippen molar-refractivity contribution in [1.82, 2.24) is 42.1 Å². The number of aromatic hydroxyl groups is 1. The zero-order valence-corrected chi connectivity index (χ0v) is 52.5. The number of urea groups is 1. The van der Waals surface area contributed by atoms with E-state index in [1.54, 1.807) is 26.0 Å². The Bertz CT molecular complexity index is 2610. The maximum atomic E-state index is 14.3. The van der Waals surface area contributed by atoms with Crippen molar-refractivity contribution in [3.05, 3.63) is 29.8 Å². The van der Waals surface area contributed by atoms with Gasteiger partial charge in [-0.3, -0.25) is 44.1 Å².